The van der Waals surface area contributed by atoms with Crippen molar-refractivity contribution in [2.75, 3.05) is 24.7 Å². The molecule has 0 amide bonds. The van der Waals surface area contributed by atoms with Gasteiger partial charge < -0.3 is 10.5 Å². The summed E-state index contributed by atoms with van der Waals surface area (Å²) in [5.74, 6) is 1.44. The van der Waals surface area contributed by atoms with Crippen LogP contribution in [0.15, 0.2) is 0 Å². The largest absolute Gasteiger partial charge is 0.377 e. The van der Waals surface area contributed by atoms with Gasteiger partial charge in [-0.1, -0.05) is 0 Å². The summed E-state index contributed by atoms with van der Waals surface area (Å²) in [4.78, 5) is 0. The predicted molar refractivity (Wildman–Crippen MR) is 50.5 cm³/mol. The minimum Gasteiger partial charge on any atom is -0.377 e. The van der Waals surface area contributed by atoms with Crippen molar-refractivity contribution >= 4 is 10.8 Å². The second kappa shape index (κ2) is 5.67. The number of hydrogen-bond donors (Lipinski definition) is 1. The fourth-order valence-corrected chi connectivity index (χ4v) is 2.64. The third kappa shape index (κ3) is 3.65. The first-order chi connectivity index (χ1) is 5.83. The third-order valence-corrected chi connectivity index (χ3v) is 3.46. The lowest BCUT2D eigenvalue weighted by atomic mass is 10.3. The quantitative estimate of drug-likeness (QED) is 0.678. The summed E-state index contributed by atoms with van der Waals surface area (Å²) in [6, 6.07) is 0. The van der Waals surface area contributed by atoms with Gasteiger partial charge >= 0.3 is 0 Å². The molecule has 1 aliphatic rings. The zero-order valence-electron chi connectivity index (χ0n) is 7.33. The molecule has 1 fully saturated rings. The molecule has 0 spiro atoms. The van der Waals surface area contributed by atoms with E-state index in [0.717, 1.165) is 31.6 Å². The molecule has 3 nitrogen and oxygen atoms in total. The van der Waals surface area contributed by atoms with Crippen LogP contribution in [0, 0.1) is 0 Å². The zero-order valence-corrected chi connectivity index (χ0v) is 8.15. The van der Waals surface area contributed by atoms with Crippen LogP contribution in [0.25, 0.3) is 0 Å². The first-order valence-corrected chi connectivity index (χ1v) is 5.98. The summed E-state index contributed by atoms with van der Waals surface area (Å²) < 4.78 is 16.7. The SMILES string of the molecule is NCCCS(=O)CC1CCCO1. The maximum Gasteiger partial charge on any atom is 0.0691 e. The van der Waals surface area contributed by atoms with E-state index in [1.807, 2.05) is 0 Å². The monoisotopic (exact) mass is 191 g/mol. The van der Waals surface area contributed by atoms with Gasteiger partial charge in [0.25, 0.3) is 0 Å². The number of rotatable bonds is 5. The van der Waals surface area contributed by atoms with Gasteiger partial charge in [-0.25, -0.2) is 0 Å². The summed E-state index contributed by atoms with van der Waals surface area (Å²) in [6.45, 7) is 1.48. The molecule has 2 N–H and O–H groups in total. The van der Waals surface area contributed by atoms with E-state index in [1.165, 1.54) is 0 Å². The molecular weight excluding hydrogens is 174 g/mol. The molecule has 4 heteroatoms. The van der Waals surface area contributed by atoms with Crippen LogP contribution in [0.4, 0.5) is 0 Å². The van der Waals surface area contributed by atoms with Crippen molar-refractivity contribution in [3.8, 4) is 0 Å². The lowest BCUT2D eigenvalue weighted by Crippen LogP contribution is -2.18. The highest BCUT2D eigenvalue weighted by molar-refractivity contribution is 7.85. The van der Waals surface area contributed by atoms with Gasteiger partial charge in [0.15, 0.2) is 0 Å². The molecule has 0 saturated carbocycles. The second-order valence-electron chi connectivity index (χ2n) is 3.09. The van der Waals surface area contributed by atoms with Crippen molar-refractivity contribution in [1.82, 2.24) is 0 Å². The molecule has 12 heavy (non-hydrogen) atoms. The summed E-state index contributed by atoms with van der Waals surface area (Å²) in [5, 5.41) is 0. The van der Waals surface area contributed by atoms with Crippen LogP contribution >= 0.6 is 0 Å². The third-order valence-electron chi connectivity index (χ3n) is 1.97. The molecule has 1 rings (SSSR count). The Morgan fingerprint density at radius 3 is 3.00 bits per heavy atom. The molecule has 0 bridgehead atoms. The van der Waals surface area contributed by atoms with E-state index in [2.05, 4.69) is 0 Å². The van der Waals surface area contributed by atoms with Crippen LogP contribution in [-0.2, 0) is 15.5 Å². The Balaban J connectivity index is 2.08. The van der Waals surface area contributed by atoms with Crippen molar-refractivity contribution in [2.45, 2.75) is 25.4 Å². The Labute approximate surface area is 76.1 Å². The van der Waals surface area contributed by atoms with Crippen molar-refractivity contribution < 1.29 is 8.95 Å². The minimum absolute atomic E-state index is 0.253. The summed E-state index contributed by atoms with van der Waals surface area (Å²) in [5.41, 5.74) is 5.32. The van der Waals surface area contributed by atoms with Crippen LogP contribution < -0.4 is 5.73 Å². The van der Waals surface area contributed by atoms with E-state index in [4.69, 9.17) is 10.5 Å². The van der Waals surface area contributed by atoms with Gasteiger partial charge in [-0.2, -0.15) is 0 Å². The van der Waals surface area contributed by atoms with E-state index in [1.54, 1.807) is 0 Å². The standard InChI is InChI=1S/C8H17NO2S/c9-4-2-6-12(10)7-8-3-1-5-11-8/h8H,1-7,9H2. The van der Waals surface area contributed by atoms with Crippen LogP contribution in [0.1, 0.15) is 19.3 Å². The van der Waals surface area contributed by atoms with Gasteiger partial charge in [0.05, 0.1) is 6.10 Å². The summed E-state index contributed by atoms with van der Waals surface area (Å²) in [6.07, 6.45) is 3.32. The Morgan fingerprint density at radius 2 is 2.42 bits per heavy atom. The smallest absolute Gasteiger partial charge is 0.0691 e. The average molecular weight is 191 g/mol. The van der Waals surface area contributed by atoms with Gasteiger partial charge in [-0.15, -0.1) is 0 Å². The van der Waals surface area contributed by atoms with Gasteiger partial charge in [0, 0.05) is 28.9 Å². The number of ether oxygens (including phenoxy) is 1. The fraction of sp³-hybridized carbons (Fsp3) is 1.00. The number of nitrogens with two attached hydrogens (primary N) is 1. The highest BCUT2D eigenvalue weighted by atomic mass is 32.2. The van der Waals surface area contributed by atoms with Crippen molar-refractivity contribution in [1.29, 1.82) is 0 Å². The summed E-state index contributed by atoms with van der Waals surface area (Å²) in [7, 11) is -0.715. The first kappa shape index (κ1) is 10.2. The minimum atomic E-state index is -0.715. The van der Waals surface area contributed by atoms with E-state index in [-0.39, 0.29) is 6.10 Å². The lowest BCUT2D eigenvalue weighted by molar-refractivity contribution is 0.128. The zero-order chi connectivity index (χ0) is 8.81. The molecule has 0 aromatic carbocycles. The highest BCUT2D eigenvalue weighted by Crippen LogP contribution is 2.12. The van der Waals surface area contributed by atoms with Crippen molar-refractivity contribution in [3.63, 3.8) is 0 Å². The topological polar surface area (TPSA) is 52.3 Å². The molecule has 1 saturated heterocycles. The van der Waals surface area contributed by atoms with Gasteiger partial charge in [-0.05, 0) is 25.8 Å². The van der Waals surface area contributed by atoms with Crippen LogP contribution in [-0.4, -0.2) is 35.0 Å². The second-order valence-corrected chi connectivity index (χ2v) is 4.71. The molecular formula is C8H17NO2S. The fourth-order valence-electron chi connectivity index (χ4n) is 1.31. The van der Waals surface area contributed by atoms with Crippen molar-refractivity contribution in [3.05, 3.63) is 0 Å². The normalized spacial score (nSPS) is 25.9. The number of hydrogen-bond acceptors (Lipinski definition) is 3. The van der Waals surface area contributed by atoms with Gasteiger partial charge in [0.1, 0.15) is 0 Å². The van der Waals surface area contributed by atoms with Crippen molar-refractivity contribution in [2.24, 2.45) is 5.73 Å². The lowest BCUT2D eigenvalue weighted by Gasteiger charge is -2.07. The van der Waals surface area contributed by atoms with Crippen LogP contribution in [0.2, 0.25) is 0 Å². The molecule has 0 radical (unpaired) electrons. The molecule has 2 unspecified atom stereocenters. The van der Waals surface area contributed by atoms with E-state index < -0.39 is 10.8 Å². The molecule has 2 atom stereocenters. The van der Waals surface area contributed by atoms with E-state index in [0.29, 0.717) is 12.3 Å². The Morgan fingerprint density at radius 1 is 1.58 bits per heavy atom. The van der Waals surface area contributed by atoms with Crippen LogP contribution in [0.3, 0.4) is 0 Å². The Hall–Kier alpha value is 0.0700. The molecule has 0 aromatic heterocycles. The highest BCUT2D eigenvalue weighted by Gasteiger charge is 2.17. The molecule has 1 aliphatic heterocycles. The summed E-state index contributed by atoms with van der Waals surface area (Å²) >= 11 is 0. The van der Waals surface area contributed by atoms with E-state index in [9.17, 15) is 4.21 Å². The molecule has 0 aliphatic carbocycles. The predicted octanol–water partition coefficient (Wildman–Crippen LogP) is 0.263. The van der Waals surface area contributed by atoms with Gasteiger partial charge in [-0.3, -0.25) is 4.21 Å². The first-order valence-electron chi connectivity index (χ1n) is 4.49. The van der Waals surface area contributed by atoms with E-state index >= 15 is 0 Å². The molecule has 0 aromatic rings. The molecule has 72 valence electrons. The maximum absolute atomic E-state index is 11.3. The maximum atomic E-state index is 11.3. The van der Waals surface area contributed by atoms with Crippen LogP contribution in [0.5, 0.6) is 0 Å². The average Bonchev–Trinajstić information content (AvgIpc) is 2.53. The Bertz CT molecular complexity index is 146. The molecule has 1 heterocycles. The Kier molecular flexibility index (Phi) is 4.80. The van der Waals surface area contributed by atoms with Gasteiger partial charge in [0.2, 0.25) is 0 Å².